The number of H-pyrrole nitrogens is 1. The molecule has 0 unspecified atom stereocenters. The van der Waals surface area contributed by atoms with Crippen molar-refractivity contribution < 1.29 is 23.5 Å². The van der Waals surface area contributed by atoms with Gasteiger partial charge in [-0.15, -0.1) is 0 Å². The number of ether oxygens (including phenoxy) is 1. The highest BCUT2D eigenvalue weighted by atomic mass is 19.1. The summed E-state index contributed by atoms with van der Waals surface area (Å²) in [6.07, 6.45) is 0.719. The monoisotopic (exact) mass is 388 g/mol. The average molecular weight is 388 g/mol. The maximum Gasteiger partial charge on any atom is 0.340 e. The van der Waals surface area contributed by atoms with E-state index >= 15 is 0 Å². The molecule has 150 valence electrons. The first kappa shape index (κ1) is 21.3. The van der Waals surface area contributed by atoms with E-state index in [4.69, 9.17) is 4.74 Å². The zero-order valence-electron chi connectivity index (χ0n) is 16.5. The van der Waals surface area contributed by atoms with Crippen molar-refractivity contribution in [3.63, 3.8) is 0 Å². The van der Waals surface area contributed by atoms with Crippen LogP contribution in [-0.2, 0) is 9.53 Å². The Morgan fingerprint density at radius 2 is 1.89 bits per heavy atom. The van der Waals surface area contributed by atoms with Crippen molar-refractivity contribution >= 4 is 17.7 Å². The molecule has 1 aromatic heterocycles. The van der Waals surface area contributed by atoms with Gasteiger partial charge in [-0.05, 0) is 32.3 Å². The number of rotatable bonds is 8. The third kappa shape index (κ3) is 4.65. The van der Waals surface area contributed by atoms with Gasteiger partial charge in [-0.2, -0.15) is 0 Å². The molecule has 7 heteroatoms. The summed E-state index contributed by atoms with van der Waals surface area (Å²) >= 11 is 0. The lowest BCUT2D eigenvalue weighted by molar-refractivity contribution is -0.117. The van der Waals surface area contributed by atoms with Gasteiger partial charge in [0.2, 0.25) is 0 Å². The van der Waals surface area contributed by atoms with E-state index in [0.717, 1.165) is 6.42 Å². The molecule has 0 spiro atoms. The fourth-order valence-corrected chi connectivity index (χ4v) is 2.86. The van der Waals surface area contributed by atoms with Crippen LogP contribution in [-0.4, -0.2) is 35.8 Å². The van der Waals surface area contributed by atoms with Gasteiger partial charge in [0.25, 0.3) is 11.7 Å². The fourth-order valence-electron chi connectivity index (χ4n) is 2.86. The normalized spacial score (nSPS) is 10.8. The number of benzene rings is 1. The lowest BCUT2D eigenvalue weighted by Gasteiger charge is -2.09. The largest absolute Gasteiger partial charge is 0.462 e. The molecule has 6 nitrogen and oxygen atoms in total. The van der Waals surface area contributed by atoms with E-state index in [1.54, 1.807) is 19.9 Å². The second-order valence-electron chi connectivity index (χ2n) is 6.84. The Morgan fingerprint density at radius 1 is 1.21 bits per heavy atom. The van der Waals surface area contributed by atoms with Crippen LogP contribution in [0.4, 0.5) is 4.39 Å². The van der Waals surface area contributed by atoms with Gasteiger partial charge in [0, 0.05) is 23.4 Å². The predicted octanol–water partition coefficient (Wildman–Crippen LogP) is 3.65. The number of aromatic nitrogens is 1. The Labute approximate surface area is 163 Å². The fraction of sp³-hybridized carbons (Fsp3) is 0.381. The van der Waals surface area contributed by atoms with Crippen molar-refractivity contribution in [1.29, 1.82) is 0 Å². The predicted molar refractivity (Wildman–Crippen MR) is 104 cm³/mol. The first-order valence-corrected chi connectivity index (χ1v) is 9.25. The van der Waals surface area contributed by atoms with E-state index in [-0.39, 0.29) is 29.0 Å². The van der Waals surface area contributed by atoms with E-state index in [2.05, 4.69) is 10.3 Å². The third-order valence-corrected chi connectivity index (χ3v) is 4.25. The van der Waals surface area contributed by atoms with Gasteiger partial charge in [-0.3, -0.25) is 9.59 Å². The molecule has 0 saturated carbocycles. The molecule has 0 fully saturated rings. The number of ketones is 1. The number of aryl methyl sites for hydroxylation is 1. The van der Waals surface area contributed by atoms with Gasteiger partial charge >= 0.3 is 5.97 Å². The Kier molecular flexibility index (Phi) is 7.09. The summed E-state index contributed by atoms with van der Waals surface area (Å²) in [6, 6.07) is 5.77. The molecule has 2 rings (SSSR count). The number of carbonyl (C=O) groups is 3. The molecule has 0 aliphatic heterocycles. The molecular weight excluding hydrogens is 363 g/mol. The summed E-state index contributed by atoms with van der Waals surface area (Å²) in [5.74, 6) is -2.60. The van der Waals surface area contributed by atoms with Crippen LogP contribution in [0.3, 0.4) is 0 Å². The van der Waals surface area contributed by atoms with Gasteiger partial charge in [0.15, 0.2) is 0 Å². The maximum atomic E-state index is 14.5. The van der Waals surface area contributed by atoms with Gasteiger partial charge in [-0.1, -0.05) is 32.0 Å². The van der Waals surface area contributed by atoms with E-state index in [0.29, 0.717) is 18.2 Å². The van der Waals surface area contributed by atoms with Crippen LogP contribution >= 0.6 is 0 Å². The standard InChI is InChI=1S/C21H25FN2O4/c1-5-28-21(27)16-13(4)24-18(17(16)14-8-6-7-9-15(14)22)19(25)20(26)23-11-10-12(2)3/h6-9,12,24H,5,10-11H2,1-4H3,(H,23,26). The number of carbonyl (C=O) groups excluding carboxylic acids is 3. The number of Topliss-reactive ketones (excluding diaryl/α,β-unsaturated/α-hetero) is 1. The van der Waals surface area contributed by atoms with Gasteiger partial charge in [-0.25, -0.2) is 9.18 Å². The van der Waals surface area contributed by atoms with Crippen LogP contribution in [0.1, 0.15) is 53.7 Å². The summed E-state index contributed by atoms with van der Waals surface area (Å²) in [4.78, 5) is 40.3. The highest BCUT2D eigenvalue weighted by Gasteiger charge is 2.30. The Morgan fingerprint density at radius 3 is 2.50 bits per heavy atom. The molecule has 1 heterocycles. The molecule has 0 aliphatic rings. The van der Waals surface area contributed by atoms with Crippen molar-refractivity contribution in [2.45, 2.75) is 34.1 Å². The summed E-state index contributed by atoms with van der Waals surface area (Å²) in [7, 11) is 0. The lowest BCUT2D eigenvalue weighted by atomic mass is 9.97. The van der Waals surface area contributed by atoms with E-state index < -0.39 is 23.5 Å². The van der Waals surface area contributed by atoms with Crippen LogP contribution < -0.4 is 5.32 Å². The number of esters is 1. The lowest BCUT2D eigenvalue weighted by Crippen LogP contribution is -2.32. The van der Waals surface area contributed by atoms with Crippen LogP contribution in [0.5, 0.6) is 0 Å². The van der Waals surface area contributed by atoms with Crippen molar-refractivity contribution in [1.82, 2.24) is 10.3 Å². The molecular formula is C21H25FN2O4. The molecule has 1 amide bonds. The third-order valence-electron chi connectivity index (χ3n) is 4.25. The summed E-state index contributed by atoms with van der Waals surface area (Å²) in [6.45, 7) is 7.70. The maximum absolute atomic E-state index is 14.5. The molecule has 0 aliphatic carbocycles. The number of nitrogens with one attached hydrogen (secondary N) is 2. The van der Waals surface area contributed by atoms with Crippen LogP contribution in [0.2, 0.25) is 0 Å². The summed E-state index contributed by atoms with van der Waals surface area (Å²) in [5.41, 5.74) is 0.333. The first-order valence-electron chi connectivity index (χ1n) is 9.25. The van der Waals surface area contributed by atoms with Gasteiger partial charge < -0.3 is 15.0 Å². The molecule has 0 radical (unpaired) electrons. The van der Waals surface area contributed by atoms with Crippen molar-refractivity contribution in [3.05, 3.63) is 47.0 Å². The minimum Gasteiger partial charge on any atom is -0.462 e. The highest BCUT2D eigenvalue weighted by Crippen LogP contribution is 2.33. The van der Waals surface area contributed by atoms with Crippen molar-refractivity contribution in [2.75, 3.05) is 13.2 Å². The Bertz CT molecular complexity index is 887. The molecule has 28 heavy (non-hydrogen) atoms. The number of halogens is 1. The molecule has 2 N–H and O–H groups in total. The van der Waals surface area contributed by atoms with Crippen molar-refractivity contribution in [3.8, 4) is 11.1 Å². The van der Waals surface area contributed by atoms with Crippen molar-refractivity contribution in [2.24, 2.45) is 5.92 Å². The topological polar surface area (TPSA) is 88.3 Å². The van der Waals surface area contributed by atoms with E-state index in [1.807, 2.05) is 13.8 Å². The van der Waals surface area contributed by atoms with Gasteiger partial charge in [0.1, 0.15) is 11.5 Å². The van der Waals surface area contributed by atoms with Gasteiger partial charge in [0.05, 0.1) is 12.2 Å². The number of hydrogen-bond donors (Lipinski definition) is 2. The minimum atomic E-state index is -0.861. The summed E-state index contributed by atoms with van der Waals surface area (Å²) < 4.78 is 19.5. The van der Waals surface area contributed by atoms with Crippen LogP contribution in [0.15, 0.2) is 24.3 Å². The second kappa shape index (κ2) is 9.30. The zero-order valence-corrected chi connectivity index (χ0v) is 16.5. The van der Waals surface area contributed by atoms with Crippen LogP contribution in [0, 0.1) is 18.7 Å². The van der Waals surface area contributed by atoms with E-state index in [9.17, 15) is 18.8 Å². The average Bonchev–Trinajstić information content (AvgIpc) is 2.98. The Balaban J connectivity index is 2.51. The second-order valence-corrected chi connectivity index (χ2v) is 6.84. The highest BCUT2D eigenvalue weighted by molar-refractivity contribution is 6.43. The number of hydrogen-bond acceptors (Lipinski definition) is 4. The minimum absolute atomic E-state index is 0.0399. The number of amides is 1. The molecule has 0 saturated heterocycles. The van der Waals surface area contributed by atoms with Crippen LogP contribution in [0.25, 0.3) is 11.1 Å². The quantitative estimate of drug-likeness (QED) is 0.410. The molecule has 0 bridgehead atoms. The molecule has 2 aromatic rings. The molecule has 1 aromatic carbocycles. The first-order chi connectivity index (χ1) is 13.3. The van der Waals surface area contributed by atoms with E-state index in [1.165, 1.54) is 18.2 Å². The molecule has 0 atom stereocenters. The number of aromatic amines is 1. The Hall–Kier alpha value is -2.96. The SMILES string of the molecule is CCOC(=O)c1c(C)[nH]c(C(=O)C(=O)NCCC(C)C)c1-c1ccccc1F. The summed E-state index contributed by atoms with van der Waals surface area (Å²) in [5, 5.41) is 2.57. The smallest absolute Gasteiger partial charge is 0.340 e. The zero-order chi connectivity index (χ0) is 20.8.